The van der Waals surface area contributed by atoms with Gasteiger partial charge in [-0.3, -0.25) is 9.59 Å². The smallest absolute Gasteiger partial charge is 0.325 e. The van der Waals surface area contributed by atoms with E-state index in [0.717, 1.165) is 0 Å². The van der Waals surface area contributed by atoms with Crippen LogP contribution in [0.2, 0.25) is 0 Å². The van der Waals surface area contributed by atoms with E-state index in [0.29, 0.717) is 11.6 Å². The van der Waals surface area contributed by atoms with Crippen molar-refractivity contribution in [3.63, 3.8) is 0 Å². The average Bonchev–Trinajstić information content (AvgIpc) is 2.23. The van der Waals surface area contributed by atoms with Crippen molar-refractivity contribution in [3.05, 3.63) is 22.2 Å². The van der Waals surface area contributed by atoms with Crippen molar-refractivity contribution in [2.24, 2.45) is 0 Å². The molecule has 6 nitrogen and oxygen atoms in total. The van der Waals surface area contributed by atoms with Gasteiger partial charge >= 0.3 is 5.97 Å². The number of anilines is 1. The lowest BCUT2D eigenvalue weighted by atomic mass is 10.3. The van der Waals surface area contributed by atoms with Gasteiger partial charge in [-0.25, -0.2) is 4.98 Å². The first-order valence-corrected chi connectivity index (χ1v) is 5.35. The maximum Gasteiger partial charge on any atom is 0.325 e. The fourth-order valence-electron chi connectivity index (χ4n) is 1.44. The number of aromatic nitrogens is 2. The van der Waals surface area contributed by atoms with Crippen LogP contribution in [0.4, 0.5) is 5.82 Å². The molecule has 0 aliphatic carbocycles. The number of H-pyrrole nitrogens is 1. The molecule has 0 aromatic carbocycles. The van der Waals surface area contributed by atoms with Crippen LogP contribution in [-0.2, 0) is 9.53 Å². The summed E-state index contributed by atoms with van der Waals surface area (Å²) >= 11 is 0. The van der Waals surface area contributed by atoms with E-state index >= 15 is 0 Å². The van der Waals surface area contributed by atoms with Gasteiger partial charge in [0.15, 0.2) is 0 Å². The molecule has 0 bridgehead atoms. The van der Waals surface area contributed by atoms with Gasteiger partial charge in [0.05, 0.1) is 7.11 Å². The van der Waals surface area contributed by atoms with E-state index in [1.807, 2.05) is 13.8 Å². The minimum absolute atomic E-state index is 0.0443. The number of nitrogens with one attached hydrogen (secondary N) is 1. The van der Waals surface area contributed by atoms with E-state index in [2.05, 4.69) is 14.7 Å². The van der Waals surface area contributed by atoms with E-state index < -0.39 is 0 Å². The van der Waals surface area contributed by atoms with Crippen LogP contribution in [0.15, 0.2) is 10.9 Å². The zero-order valence-electron chi connectivity index (χ0n) is 10.5. The standard InChI is InChI=1S/C11H17N3O3/c1-7(2)14(6-11(16)17-4)9-5-10(15)13-8(3)12-9/h5,7H,6H2,1-4H3,(H,12,13,15). The third-order valence-corrected chi connectivity index (χ3v) is 2.29. The number of esters is 1. The maximum atomic E-state index is 11.4. The zero-order valence-corrected chi connectivity index (χ0v) is 10.5. The third-order valence-electron chi connectivity index (χ3n) is 2.29. The van der Waals surface area contributed by atoms with Gasteiger partial charge in [-0.2, -0.15) is 0 Å². The largest absolute Gasteiger partial charge is 0.468 e. The molecule has 0 saturated heterocycles. The number of hydrogen-bond donors (Lipinski definition) is 1. The van der Waals surface area contributed by atoms with Crippen LogP contribution in [0, 0.1) is 6.92 Å². The number of aromatic amines is 1. The van der Waals surface area contributed by atoms with Crippen molar-refractivity contribution in [1.82, 2.24) is 9.97 Å². The Kier molecular flexibility index (Phi) is 4.25. The highest BCUT2D eigenvalue weighted by molar-refractivity contribution is 5.75. The number of rotatable bonds is 4. The van der Waals surface area contributed by atoms with Crippen LogP contribution in [-0.4, -0.2) is 35.6 Å². The van der Waals surface area contributed by atoms with Gasteiger partial charge in [0, 0.05) is 12.1 Å². The van der Waals surface area contributed by atoms with E-state index in [4.69, 9.17) is 0 Å². The van der Waals surface area contributed by atoms with Gasteiger partial charge in [0.25, 0.3) is 5.56 Å². The fraction of sp³-hybridized carbons (Fsp3) is 0.545. The van der Waals surface area contributed by atoms with E-state index in [9.17, 15) is 9.59 Å². The summed E-state index contributed by atoms with van der Waals surface area (Å²) in [6.07, 6.45) is 0. The molecule has 1 aromatic rings. The lowest BCUT2D eigenvalue weighted by Gasteiger charge is -2.26. The molecule has 0 saturated carbocycles. The van der Waals surface area contributed by atoms with Crippen molar-refractivity contribution in [3.8, 4) is 0 Å². The van der Waals surface area contributed by atoms with Crippen LogP contribution in [0.3, 0.4) is 0 Å². The minimum Gasteiger partial charge on any atom is -0.468 e. The van der Waals surface area contributed by atoms with Crippen LogP contribution in [0.1, 0.15) is 19.7 Å². The maximum absolute atomic E-state index is 11.4. The predicted molar refractivity (Wildman–Crippen MR) is 64.1 cm³/mol. The van der Waals surface area contributed by atoms with Gasteiger partial charge in [-0.1, -0.05) is 0 Å². The van der Waals surface area contributed by atoms with E-state index in [1.54, 1.807) is 11.8 Å². The molecule has 0 spiro atoms. The van der Waals surface area contributed by atoms with Gasteiger partial charge in [0.2, 0.25) is 0 Å². The summed E-state index contributed by atoms with van der Waals surface area (Å²) in [5, 5.41) is 0. The van der Waals surface area contributed by atoms with Crippen LogP contribution in [0.5, 0.6) is 0 Å². The number of hydrogen-bond acceptors (Lipinski definition) is 5. The van der Waals surface area contributed by atoms with Crippen LogP contribution < -0.4 is 10.5 Å². The molecular formula is C11H17N3O3. The Balaban J connectivity index is 3.05. The summed E-state index contributed by atoms with van der Waals surface area (Å²) in [5.41, 5.74) is -0.233. The minimum atomic E-state index is -0.363. The Hall–Kier alpha value is -1.85. The number of aryl methyl sites for hydroxylation is 1. The Labute approximate surface area is 99.6 Å². The van der Waals surface area contributed by atoms with Crippen molar-refractivity contribution in [2.75, 3.05) is 18.6 Å². The molecule has 1 rings (SSSR count). The van der Waals surface area contributed by atoms with Crippen LogP contribution >= 0.6 is 0 Å². The Bertz CT molecular complexity index is 454. The summed E-state index contributed by atoms with van der Waals surface area (Å²) in [4.78, 5) is 31.1. The zero-order chi connectivity index (χ0) is 13.0. The first-order chi connectivity index (χ1) is 7.93. The highest BCUT2D eigenvalue weighted by Gasteiger charge is 2.17. The number of methoxy groups -OCH3 is 1. The molecule has 1 N–H and O–H groups in total. The number of carbonyl (C=O) groups excluding carboxylic acids is 1. The summed E-state index contributed by atoms with van der Waals surface area (Å²) in [6.45, 7) is 5.61. The topological polar surface area (TPSA) is 75.3 Å². The van der Waals surface area contributed by atoms with Crippen molar-refractivity contribution >= 4 is 11.8 Å². The van der Waals surface area contributed by atoms with Gasteiger partial charge in [-0.05, 0) is 20.8 Å². The average molecular weight is 239 g/mol. The lowest BCUT2D eigenvalue weighted by molar-refractivity contribution is -0.139. The summed E-state index contributed by atoms with van der Waals surface area (Å²) in [7, 11) is 1.33. The first kappa shape index (κ1) is 13.2. The molecule has 0 radical (unpaired) electrons. The van der Waals surface area contributed by atoms with E-state index in [-0.39, 0.29) is 24.1 Å². The Morgan fingerprint density at radius 1 is 1.59 bits per heavy atom. The summed E-state index contributed by atoms with van der Waals surface area (Å²) < 4.78 is 4.62. The van der Waals surface area contributed by atoms with Crippen LogP contribution in [0.25, 0.3) is 0 Å². The molecule has 0 atom stereocenters. The highest BCUT2D eigenvalue weighted by atomic mass is 16.5. The van der Waals surface area contributed by atoms with Gasteiger partial charge in [-0.15, -0.1) is 0 Å². The quantitative estimate of drug-likeness (QED) is 0.773. The summed E-state index contributed by atoms with van der Waals surface area (Å²) in [6, 6.07) is 1.42. The van der Waals surface area contributed by atoms with Crippen molar-refractivity contribution in [1.29, 1.82) is 0 Å². The first-order valence-electron chi connectivity index (χ1n) is 5.35. The second-order valence-corrected chi connectivity index (χ2v) is 3.99. The normalized spacial score (nSPS) is 10.4. The number of ether oxygens (including phenoxy) is 1. The molecule has 0 unspecified atom stereocenters. The molecule has 0 aliphatic rings. The molecule has 0 fully saturated rings. The molecule has 1 aromatic heterocycles. The highest BCUT2D eigenvalue weighted by Crippen LogP contribution is 2.11. The number of carbonyl (C=O) groups is 1. The van der Waals surface area contributed by atoms with Crippen molar-refractivity contribution in [2.45, 2.75) is 26.8 Å². The third kappa shape index (κ3) is 3.58. The molecule has 1 heterocycles. The molecule has 94 valence electrons. The number of nitrogens with zero attached hydrogens (tertiary/aromatic N) is 2. The monoisotopic (exact) mass is 239 g/mol. The summed E-state index contributed by atoms with van der Waals surface area (Å²) in [5.74, 6) is 0.633. The van der Waals surface area contributed by atoms with Crippen molar-refractivity contribution < 1.29 is 9.53 Å². The fourth-order valence-corrected chi connectivity index (χ4v) is 1.44. The lowest BCUT2D eigenvalue weighted by Crippen LogP contribution is -2.37. The Morgan fingerprint density at radius 2 is 2.24 bits per heavy atom. The molecule has 6 heteroatoms. The Morgan fingerprint density at radius 3 is 2.71 bits per heavy atom. The molecule has 0 aliphatic heterocycles. The van der Waals surface area contributed by atoms with Gasteiger partial charge in [0.1, 0.15) is 18.2 Å². The van der Waals surface area contributed by atoms with Gasteiger partial charge < -0.3 is 14.6 Å². The van der Waals surface area contributed by atoms with E-state index in [1.165, 1.54) is 13.2 Å². The second kappa shape index (κ2) is 5.47. The molecule has 0 amide bonds. The SMILES string of the molecule is COC(=O)CN(c1cc(=O)[nH]c(C)n1)C(C)C. The molecule has 17 heavy (non-hydrogen) atoms. The predicted octanol–water partition coefficient (Wildman–Crippen LogP) is 0.466. The molecular weight excluding hydrogens is 222 g/mol. The second-order valence-electron chi connectivity index (χ2n) is 3.99.